The van der Waals surface area contributed by atoms with Gasteiger partial charge in [-0.2, -0.15) is 0 Å². The highest BCUT2D eigenvalue weighted by Crippen LogP contribution is 2.22. The van der Waals surface area contributed by atoms with Gasteiger partial charge in [0.1, 0.15) is 11.5 Å². The summed E-state index contributed by atoms with van der Waals surface area (Å²) in [6.07, 6.45) is 2.68. The second kappa shape index (κ2) is 7.83. The first-order valence-corrected chi connectivity index (χ1v) is 11.4. The lowest BCUT2D eigenvalue weighted by Gasteiger charge is -2.25. The minimum Gasteiger partial charge on any atom is -0.445 e. The summed E-state index contributed by atoms with van der Waals surface area (Å²) < 4.78 is 29.0. The Kier molecular flexibility index (Phi) is 5.24. The molecule has 0 atom stereocenters. The first kappa shape index (κ1) is 19.4. The molecule has 0 spiro atoms. The van der Waals surface area contributed by atoms with Crippen molar-refractivity contribution < 1.29 is 17.6 Å². The minimum atomic E-state index is -3.24. The van der Waals surface area contributed by atoms with E-state index in [1.807, 2.05) is 30.3 Å². The Morgan fingerprint density at radius 1 is 1.07 bits per heavy atom. The second-order valence-corrected chi connectivity index (χ2v) is 9.31. The molecule has 6 nitrogen and oxygen atoms in total. The lowest BCUT2D eigenvalue weighted by atomic mass is 10.1. The Morgan fingerprint density at radius 2 is 1.79 bits per heavy atom. The van der Waals surface area contributed by atoms with Crippen LogP contribution in [0.2, 0.25) is 0 Å². The molecule has 4 rings (SSSR count). The summed E-state index contributed by atoms with van der Waals surface area (Å²) in [4.78, 5) is 19.3. The molecule has 0 radical (unpaired) electrons. The number of hydrogen-bond acceptors (Lipinski definition) is 5. The predicted molar refractivity (Wildman–Crippen MR) is 108 cm³/mol. The molecule has 0 N–H and O–H groups in total. The van der Waals surface area contributed by atoms with Crippen LogP contribution in [0.3, 0.4) is 0 Å². The highest BCUT2D eigenvalue weighted by molar-refractivity contribution is 7.90. The van der Waals surface area contributed by atoms with E-state index in [2.05, 4.69) is 4.98 Å². The van der Waals surface area contributed by atoms with Crippen LogP contribution in [0.15, 0.2) is 63.9 Å². The molecule has 29 heavy (non-hydrogen) atoms. The van der Waals surface area contributed by atoms with E-state index in [-0.39, 0.29) is 17.2 Å². The third-order valence-corrected chi connectivity index (χ3v) is 6.16. The van der Waals surface area contributed by atoms with Crippen LogP contribution >= 0.6 is 0 Å². The van der Waals surface area contributed by atoms with Crippen molar-refractivity contribution in [3.05, 3.63) is 83.1 Å². The highest BCUT2D eigenvalue weighted by atomic mass is 32.2. The van der Waals surface area contributed by atoms with Crippen molar-refractivity contribution in [1.29, 1.82) is 0 Å². The molecule has 0 aliphatic carbocycles. The number of rotatable bonds is 5. The summed E-state index contributed by atoms with van der Waals surface area (Å²) in [5, 5.41) is 0. The lowest BCUT2D eigenvalue weighted by Crippen LogP contribution is -2.36. The van der Waals surface area contributed by atoms with Crippen molar-refractivity contribution in [3.8, 4) is 0 Å². The first-order chi connectivity index (χ1) is 13.9. The number of sulfone groups is 1. The van der Waals surface area contributed by atoms with Gasteiger partial charge in [-0.05, 0) is 23.3 Å². The number of aromatic nitrogens is 1. The van der Waals surface area contributed by atoms with Crippen LogP contribution in [0.5, 0.6) is 0 Å². The summed E-state index contributed by atoms with van der Waals surface area (Å²) in [6, 6.07) is 16.5. The lowest BCUT2D eigenvalue weighted by molar-refractivity contribution is -0.131. The molecular formula is C22H22N2O4S. The van der Waals surface area contributed by atoms with E-state index in [0.29, 0.717) is 31.8 Å². The molecule has 0 saturated heterocycles. The van der Waals surface area contributed by atoms with Gasteiger partial charge in [-0.1, -0.05) is 42.5 Å². The van der Waals surface area contributed by atoms with Gasteiger partial charge in [-0.15, -0.1) is 0 Å². The van der Waals surface area contributed by atoms with E-state index < -0.39 is 9.84 Å². The molecule has 150 valence electrons. The zero-order valence-corrected chi connectivity index (χ0v) is 17.0. The highest BCUT2D eigenvalue weighted by Gasteiger charge is 2.25. The first-order valence-electron chi connectivity index (χ1n) is 9.46. The summed E-state index contributed by atoms with van der Waals surface area (Å²) in [6.45, 7) is 1.03. The Bertz CT molecular complexity index is 1120. The molecule has 2 heterocycles. The quantitative estimate of drug-likeness (QED) is 0.646. The van der Waals surface area contributed by atoms with Crippen molar-refractivity contribution in [2.45, 2.75) is 30.7 Å². The summed E-state index contributed by atoms with van der Waals surface area (Å²) in [5.41, 5.74) is 2.75. The number of hydrogen-bond donors (Lipinski definition) is 0. The number of carbonyl (C=O) groups is 1. The maximum absolute atomic E-state index is 12.7. The largest absolute Gasteiger partial charge is 0.445 e. The van der Waals surface area contributed by atoms with Gasteiger partial charge in [-0.3, -0.25) is 4.79 Å². The van der Waals surface area contributed by atoms with Crippen molar-refractivity contribution >= 4 is 15.7 Å². The Morgan fingerprint density at radius 3 is 2.48 bits per heavy atom. The predicted octanol–water partition coefficient (Wildman–Crippen LogP) is 2.80. The van der Waals surface area contributed by atoms with Gasteiger partial charge < -0.3 is 9.32 Å². The van der Waals surface area contributed by atoms with Crippen LogP contribution < -0.4 is 0 Å². The van der Waals surface area contributed by atoms with Crippen molar-refractivity contribution in [3.63, 3.8) is 0 Å². The molecule has 0 bridgehead atoms. The summed E-state index contributed by atoms with van der Waals surface area (Å²) in [5.74, 6) is 1.53. The van der Waals surface area contributed by atoms with Gasteiger partial charge >= 0.3 is 0 Å². The van der Waals surface area contributed by atoms with Crippen LogP contribution in [0.4, 0.5) is 0 Å². The van der Waals surface area contributed by atoms with E-state index in [0.717, 1.165) is 22.6 Å². The molecule has 1 aliphatic rings. The topological polar surface area (TPSA) is 80.5 Å². The third-order valence-electron chi connectivity index (χ3n) is 5.03. The maximum atomic E-state index is 12.7. The van der Waals surface area contributed by atoms with E-state index >= 15 is 0 Å². The Hall–Kier alpha value is -2.93. The van der Waals surface area contributed by atoms with Crippen molar-refractivity contribution in [2.75, 3.05) is 12.8 Å². The van der Waals surface area contributed by atoms with E-state index in [9.17, 15) is 13.2 Å². The monoisotopic (exact) mass is 410 g/mol. The van der Waals surface area contributed by atoms with Gasteiger partial charge in [0.2, 0.25) is 5.91 Å². The minimum absolute atomic E-state index is 0.00429. The van der Waals surface area contributed by atoms with Crippen LogP contribution in [0.25, 0.3) is 0 Å². The zero-order chi connectivity index (χ0) is 20.4. The van der Waals surface area contributed by atoms with Crippen molar-refractivity contribution in [1.82, 2.24) is 9.88 Å². The number of carbonyl (C=O) groups excluding carboxylic acids is 1. The van der Waals surface area contributed by atoms with Crippen LogP contribution in [0, 0.1) is 0 Å². The zero-order valence-electron chi connectivity index (χ0n) is 16.2. The standard InChI is InChI=1S/C22H22N2O4S/c1-29(26,27)18-9-7-17(8-10-18)14-22(25)24-12-11-20-19(15-24)23-21(28-20)13-16-5-3-2-4-6-16/h2-10H,11-15H2,1H3. The smallest absolute Gasteiger partial charge is 0.227 e. The van der Waals surface area contributed by atoms with E-state index in [1.165, 1.54) is 6.26 Å². The fourth-order valence-corrected chi connectivity index (χ4v) is 4.08. The molecule has 3 aromatic rings. The maximum Gasteiger partial charge on any atom is 0.227 e. The van der Waals surface area contributed by atoms with Gasteiger partial charge in [0, 0.05) is 25.6 Å². The molecule has 7 heteroatoms. The Labute approximate surface area is 170 Å². The van der Waals surface area contributed by atoms with E-state index in [4.69, 9.17) is 4.42 Å². The fourth-order valence-electron chi connectivity index (χ4n) is 3.45. The average Bonchev–Trinajstić information content (AvgIpc) is 3.10. The molecule has 0 unspecified atom stereocenters. The number of benzene rings is 2. The third kappa shape index (κ3) is 4.56. The molecule has 1 aromatic heterocycles. The average molecular weight is 410 g/mol. The molecule has 2 aromatic carbocycles. The molecule has 0 fully saturated rings. The SMILES string of the molecule is CS(=O)(=O)c1ccc(CC(=O)N2CCc3oc(Cc4ccccc4)nc3C2)cc1. The molecule has 1 aliphatic heterocycles. The van der Waals surface area contributed by atoms with Gasteiger partial charge in [0.15, 0.2) is 15.7 Å². The van der Waals surface area contributed by atoms with Gasteiger partial charge in [0.05, 0.1) is 17.9 Å². The van der Waals surface area contributed by atoms with Crippen LogP contribution in [-0.4, -0.2) is 37.0 Å². The normalized spacial score (nSPS) is 13.9. The van der Waals surface area contributed by atoms with E-state index in [1.54, 1.807) is 29.2 Å². The number of nitrogens with zero attached hydrogens (tertiary/aromatic N) is 2. The van der Waals surface area contributed by atoms with Crippen LogP contribution in [-0.2, 0) is 40.4 Å². The Balaban J connectivity index is 1.41. The van der Waals surface area contributed by atoms with Gasteiger partial charge in [-0.25, -0.2) is 13.4 Å². The summed E-state index contributed by atoms with van der Waals surface area (Å²) in [7, 11) is -3.24. The number of oxazole rings is 1. The molecule has 1 amide bonds. The van der Waals surface area contributed by atoms with Crippen LogP contribution in [0.1, 0.15) is 28.5 Å². The van der Waals surface area contributed by atoms with Crippen molar-refractivity contribution in [2.24, 2.45) is 0 Å². The fraction of sp³-hybridized carbons (Fsp3) is 0.273. The molecule has 0 saturated carbocycles. The summed E-state index contributed by atoms with van der Waals surface area (Å²) >= 11 is 0. The van der Waals surface area contributed by atoms with Gasteiger partial charge in [0.25, 0.3) is 0 Å². The number of amides is 1. The number of fused-ring (bicyclic) bond motifs is 1. The second-order valence-electron chi connectivity index (χ2n) is 7.30. The molecular weight excluding hydrogens is 388 g/mol.